The van der Waals surface area contributed by atoms with Crippen LogP contribution in [0.15, 0.2) is 22.7 Å². The van der Waals surface area contributed by atoms with E-state index in [2.05, 4.69) is 21.2 Å². The number of methoxy groups -OCH3 is 1. The second-order valence-corrected chi connectivity index (χ2v) is 5.26. The number of ether oxygens (including phenoxy) is 1. The van der Waals surface area contributed by atoms with E-state index in [1.165, 1.54) is 11.0 Å². The lowest BCUT2D eigenvalue weighted by molar-refractivity contribution is 0.0698. The summed E-state index contributed by atoms with van der Waals surface area (Å²) in [6.45, 7) is 2.23. The average molecular weight is 345 g/mol. The molecule has 1 unspecified atom stereocenters. The molecule has 1 aromatic rings. The molecule has 6 nitrogen and oxygen atoms in total. The molecule has 20 heavy (non-hydrogen) atoms. The van der Waals surface area contributed by atoms with E-state index in [9.17, 15) is 9.59 Å². The summed E-state index contributed by atoms with van der Waals surface area (Å²) in [4.78, 5) is 24.6. The van der Waals surface area contributed by atoms with Gasteiger partial charge in [0.1, 0.15) is 0 Å². The van der Waals surface area contributed by atoms with Crippen LogP contribution >= 0.6 is 15.9 Å². The molecule has 0 aliphatic rings. The normalized spacial score (nSPS) is 11.8. The smallest absolute Gasteiger partial charge is 0.337 e. The fourth-order valence-electron chi connectivity index (χ4n) is 1.56. The van der Waals surface area contributed by atoms with Crippen molar-refractivity contribution < 1.29 is 19.4 Å². The van der Waals surface area contributed by atoms with Crippen LogP contribution < -0.4 is 5.32 Å². The van der Waals surface area contributed by atoms with Gasteiger partial charge in [-0.25, -0.2) is 9.59 Å². The molecule has 0 aliphatic heterocycles. The number of carboxylic acids is 1. The zero-order valence-electron chi connectivity index (χ0n) is 11.5. The van der Waals surface area contributed by atoms with Crippen molar-refractivity contribution in [1.82, 2.24) is 4.90 Å². The lowest BCUT2D eigenvalue weighted by Crippen LogP contribution is -2.40. The van der Waals surface area contributed by atoms with E-state index in [0.717, 1.165) is 0 Å². The maximum atomic E-state index is 12.1. The van der Waals surface area contributed by atoms with Gasteiger partial charge in [-0.3, -0.25) is 0 Å². The number of hydrogen-bond acceptors (Lipinski definition) is 3. The number of carbonyl (C=O) groups is 2. The minimum absolute atomic E-state index is 0.0364. The Morgan fingerprint density at radius 2 is 2.15 bits per heavy atom. The van der Waals surface area contributed by atoms with Crippen LogP contribution in [0.2, 0.25) is 0 Å². The summed E-state index contributed by atoms with van der Waals surface area (Å²) in [5.74, 6) is -1.10. The van der Waals surface area contributed by atoms with E-state index in [4.69, 9.17) is 9.84 Å². The van der Waals surface area contributed by atoms with Gasteiger partial charge in [-0.15, -0.1) is 0 Å². The van der Waals surface area contributed by atoms with Crippen LogP contribution in [-0.2, 0) is 4.74 Å². The average Bonchev–Trinajstić information content (AvgIpc) is 2.37. The Balaban J connectivity index is 2.90. The van der Waals surface area contributed by atoms with Crippen molar-refractivity contribution >= 4 is 33.6 Å². The molecule has 0 fully saturated rings. The standard InChI is InChI=1S/C13H17BrN2O4/c1-8(7-20-3)16(2)13(19)15-11-6-9(14)4-5-10(11)12(17)18/h4-6,8H,7H2,1-3H3,(H,15,19)(H,17,18). The van der Waals surface area contributed by atoms with Crippen LogP contribution in [0.25, 0.3) is 0 Å². The van der Waals surface area contributed by atoms with Crippen molar-refractivity contribution in [3.05, 3.63) is 28.2 Å². The predicted octanol–water partition coefficient (Wildman–Crippen LogP) is 2.65. The van der Waals surface area contributed by atoms with Crippen molar-refractivity contribution in [2.45, 2.75) is 13.0 Å². The summed E-state index contributed by atoms with van der Waals surface area (Å²) in [5, 5.41) is 11.7. The molecule has 1 atom stereocenters. The number of nitrogens with one attached hydrogen (secondary N) is 1. The number of nitrogens with zero attached hydrogens (tertiary/aromatic N) is 1. The molecule has 0 bridgehead atoms. The Morgan fingerprint density at radius 3 is 2.70 bits per heavy atom. The number of carbonyl (C=O) groups excluding carboxylic acids is 1. The fourth-order valence-corrected chi connectivity index (χ4v) is 1.92. The van der Waals surface area contributed by atoms with Gasteiger partial charge >= 0.3 is 12.0 Å². The first kappa shape index (κ1) is 16.5. The topological polar surface area (TPSA) is 78.9 Å². The van der Waals surface area contributed by atoms with Crippen molar-refractivity contribution in [1.29, 1.82) is 0 Å². The van der Waals surface area contributed by atoms with Crippen LogP contribution in [0, 0.1) is 0 Å². The largest absolute Gasteiger partial charge is 0.478 e. The monoisotopic (exact) mass is 344 g/mol. The van der Waals surface area contributed by atoms with Gasteiger partial charge in [0, 0.05) is 18.6 Å². The number of likely N-dealkylation sites (N-methyl/N-ethyl adjacent to an activating group) is 1. The zero-order chi connectivity index (χ0) is 15.3. The first-order valence-electron chi connectivity index (χ1n) is 5.92. The quantitative estimate of drug-likeness (QED) is 0.860. The van der Waals surface area contributed by atoms with Gasteiger partial charge in [0.2, 0.25) is 0 Å². The number of halogens is 1. The van der Waals surface area contributed by atoms with Crippen LogP contribution in [-0.4, -0.2) is 48.8 Å². The van der Waals surface area contributed by atoms with Gasteiger partial charge in [-0.2, -0.15) is 0 Å². The summed E-state index contributed by atoms with van der Waals surface area (Å²) in [6, 6.07) is 4.07. The second-order valence-electron chi connectivity index (χ2n) is 4.34. The number of anilines is 1. The molecule has 2 N–H and O–H groups in total. The van der Waals surface area contributed by atoms with Gasteiger partial charge in [0.15, 0.2) is 0 Å². The fraction of sp³-hybridized carbons (Fsp3) is 0.385. The summed E-state index contributed by atoms with van der Waals surface area (Å²) in [6.07, 6.45) is 0. The number of benzene rings is 1. The maximum Gasteiger partial charge on any atom is 0.337 e. The van der Waals surface area contributed by atoms with Crippen LogP contribution in [0.5, 0.6) is 0 Å². The molecular formula is C13H17BrN2O4. The number of carboxylic acid groups (broad SMARTS) is 1. The maximum absolute atomic E-state index is 12.1. The lowest BCUT2D eigenvalue weighted by atomic mass is 10.2. The van der Waals surface area contributed by atoms with E-state index >= 15 is 0 Å². The third kappa shape index (κ3) is 4.21. The molecule has 0 aliphatic carbocycles. The third-order valence-corrected chi connectivity index (χ3v) is 3.34. The summed E-state index contributed by atoms with van der Waals surface area (Å²) < 4.78 is 5.67. The third-order valence-electron chi connectivity index (χ3n) is 2.84. The Hall–Kier alpha value is -1.60. The molecule has 2 amide bonds. The molecule has 0 heterocycles. The highest BCUT2D eigenvalue weighted by atomic mass is 79.9. The molecule has 0 aromatic heterocycles. The van der Waals surface area contributed by atoms with Gasteiger partial charge in [-0.05, 0) is 25.1 Å². The molecule has 0 saturated heterocycles. The van der Waals surface area contributed by atoms with E-state index < -0.39 is 12.0 Å². The molecule has 0 spiro atoms. The molecule has 0 radical (unpaired) electrons. The highest BCUT2D eigenvalue weighted by Crippen LogP contribution is 2.22. The number of amides is 2. The van der Waals surface area contributed by atoms with E-state index in [0.29, 0.717) is 11.1 Å². The van der Waals surface area contributed by atoms with Gasteiger partial charge < -0.3 is 20.1 Å². The SMILES string of the molecule is COCC(C)N(C)C(=O)Nc1cc(Br)ccc1C(=O)O. The number of aromatic carboxylic acids is 1. The van der Waals surface area contributed by atoms with Gasteiger partial charge in [0.25, 0.3) is 0 Å². The number of urea groups is 1. The Labute approximate surface area is 125 Å². The highest BCUT2D eigenvalue weighted by Gasteiger charge is 2.18. The van der Waals surface area contributed by atoms with Crippen LogP contribution in [0.1, 0.15) is 17.3 Å². The minimum atomic E-state index is -1.10. The molecule has 1 rings (SSSR count). The zero-order valence-corrected chi connectivity index (χ0v) is 13.1. The first-order valence-corrected chi connectivity index (χ1v) is 6.71. The summed E-state index contributed by atoms with van der Waals surface area (Å²) in [7, 11) is 3.18. The lowest BCUT2D eigenvalue weighted by Gasteiger charge is -2.24. The van der Waals surface area contributed by atoms with Gasteiger partial charge in [-0.1, -0.05) is 15.9 Å². The predicted molar refractivity (Wildman–Crippen MR) is 79.2 cm³/mol. The molecule has 0 saturated carbocycles. The molecule has 1 aromatic carbocycles. The van der Waals surface area contributed by atoms with Crippen LogP contribution in [0.3, 0.4) is 0 Å². The van der Waals surface area contributed by atoms with Crippen molar-refractivity contribution in [2.75, 3.05) is 26.1 Å². The number of hydrogen-bond donors (Lipinski definition) is 2. The second kappa shape index (κ2) is 7.25. The van der Waals surface area contributed by atoms with E-state index in [-0.39, 0.29) is 17.3 Å². The first-order chi connectivity index (χ1) is 9.36. The Bertz CT molecular complexity index is 507. The van der Waals surface area contributed by atoms with E-state index in [1.54, 1.807) is 26.3 Å². The summed E-state index contributed by atoms with van der Waals surface area (Å²) >= 11 is 3.25. The van der Waals surface area contributed by atoms with Crippen molar-refractivity contribution in [2.24, 2.45) is 0 Å². The number of rotatable bonds is 5. The molecular weight excluding hydrogens is 328 g/mol. The highest BCUT2D eigenvalue weighted by molar-refractivity contribution is 9.10. The Morgan fingerprint density at radius 1 is 1.50 bits per heavy atom. The van der Waals surface area contributed by atoms with Crippen LogP contribution in [0.4, 0.5) is 10.5 Å². The van der Waals surface area contributed by atoms with Crippen molar-refractivity contribution in [3.63, 3.8) is 0 Å². The Kier molecular flexibility index (Phi) is 5.97. The van der Waals surface area contributed by atoms with Crippen molar-refractivity contribution in [3.8, 4) is 0 Å². The van der Waals surface area contributed by atoms with E-state index in [1.807, 2.05) is 6.92 Å². The molecule has 7 heteroatoms. The van der Waals surface area contributed by atoms with Gasteiger partial charge in [0.05, 0.1) is 23.9 Å². The summed E-state index contributed by atoms with van der Waals surface area (Å²) in [5.41, 5.74) is 0.280. The minimum Gasteiger partial charge on any atom is -0.478 e. The molecule has 110 valence electrons.